The van der Waals surface area contributed by atoms with Crippen LogP contribution in [0.5, 0.6) is 0 Å². The molecule has 0 radical (unpaired) electrons. The molecule has 7 nitrogen and oxygen atoms in total. The van der Waals surface area contributed by atoms with Crippen molar-refractivity contribution in [3.63, 3.8) is 0 Å². The van der Waals surface area contributed by atoms with E-state index in [4.69, 9.17) is 10.9 Å². The number of rotatable bonds is 4. The van der Waals surface area contributed by atoms with E-state index in [2.05, 4.69) is 10.3 Å². The molecule has 0 unspecified atom stereocenters. The highest BCUT2D eigenvalue weighted by molar-refractivity contribution is 5.97. The van der Waals surface area contributed by atoms with Gasteiger partial charge in [-0.25, -0.2) is 0 Å². The Bertz CT molecular complexity index is 438. The number of nitrogens with zero attached hydrogens (tertiary/aromatic N) is 4. The average Bonchev–Trinajstić information content (AvgIpc) is 2.64. The van der Waals surface area contributed by atoms with Crippen molar-refractivity contribution in [3.8, 4) is 0 Å². The van der Waals surface area contributed by atoms with Crippen LogP contribution in [0.2, 0.25) is 0 Å². The molecule has 1 amide bonds. The fraction of sp³-hybridized carbons (Fsp3) is 0.500. The van der Waals surface area contributed by atoms with Gasteiger partial charge in [-0.2, -0.15) is 5.10 Å². The number of amidine groups is 1. The normalized spacial score (nSPS) is 11.6. The van der Waals surface area contributed by atoms with Crippen LogP contribution in [0.4, 0.5) is 0 Å². The second kappa shape index (κ2) is 5.33. The van der Waals surface area contributed by atoms with Crippen molar-refractivity contribution in [1.29, 1.82) is 0 Å². The molecule has 94 valence electrons. The number of hydrogen-bond acceptors (Lipinski definition) is 4. The Kier molecular flexibility index (Phi) is 4.08. The minimum atomic E-state index is -0.176. The van der Waals surface area contributed by atoms with Crippen molar-refractivity contribution in [2.75, 3.05) is 13.1 Å². The van der Waals surface area contributed by atoms with Gasteiger partial charge in [0.2, 0.25) is 0 Å². The number of hydrogen-bond donors (Lipinski definition) is 2. The van der Waals surface area contributed by atoms with Crippen molar-refractivity contribution < 1.29 is 10.0 Å². The van der Waals surface area contributed by atoms with Crippen LogP contribution in [0.15, 0.2) is 11.4 Å². The number of aromatic nitrogens is 2. The first-order chi connectivity index (χ1) is 7.99. The molecule has 0 fully saturated rings. The van der Waals surface area contributed by atoms with Gasteiger partial charge in [0.05, 0.1) is 17.8 Å². The van der Waals surface area contributed by atoms with Crippen molar-refractivity contribution in [1.82, 2.24) is 14.7 Å². The minimum absolute atomic E-state index is 0.00161. The van der Waals surface area contributed by atoms with Crippen molar-refractivity contribution in [2.45, 2.75) is 13.8 Å². The summed E-state index contributed by atoms with van der Waals surface area (Å²) in [6.45, 7) is 4.17. The van der Waals surface area contributed by atoms with Gasteiger partial charge in [-0.05, 0) is 13.8 Å². The van der Waals surface area contributed by atoms with Gasteiger partial charge in [-0.3, -0.25) is 9.48 Å². The van der Waals surface area contributed by atoms with Crippen LogP contribution < -0.4 is 5.73 Å². The zero-order chi connectivity index (χ0) is 13.0. The highest BCUT2D eigenvalue weighted by Gasteiger charge is 2.19. The van der Waals surface area contributed by atoms with E-state index in [1.165, 1.54) is 4.90 Å². The van der Waals surface area contributed by atoms with Crippen LogP contribution in [0, 0.1) is 6.92 Å². The summed E-state index contributed by atoms with van der Waals surface area (Å²) in [4.78, 5) is 13.6. The van der Waals surface area contributed by atoms with Crippen molar-refractivity contribution >= 4 is 11.7 Å². The number of carbonyl (C=O) groups excluding carboxylic acids is 1. The molecule has 0 aliphatic rings. The third-order valence-corrected chi connectivity index (χ3v) is 2.39. The lowest BCUT2D eigenvalue weighted by Gasteiger charge is -2.19. The molecule has 1 rings (SSSR count). The molecule has 7 heteroatoms. The van der Waals surface area contributed by atoms with Gasteiger partial charge in [0, 0.05) is 19.8 Å². The molecule has 3 N–H and O–H groups in total. The molecule has 1 heterocycles. The van der Waals surface area contributed by atoms with Crippen molar-refractivity contribution in [2.24, 2.45) is 17.9 Å². The van der Waals surface area contributed by atoms with E-state index in [1.54, 1.807) is 24.9 Å². The van der Waals surface area contributed by atoms with E-state index in [0.717, 1.165) is 0 Å². The highest BCUT2D eigenvalue weighted by atomic mass is 16.4. The Morgan fingerprint density at radius 1 is 1.71 bits per heavy atom. The van der Waals surface area contributed by atoms with Gasteiger partial charge in [0.25, 0.3) is 5.91 Å². The third-order valence-electron chi connectivity index (χ3n) is 2.39. The van der Waals surface area contributed by atoms with Gasteiger partial charge in [0.15, 0.2) is 5.84 Å². The second-order valence-corrected chi connectivity index (χ2v) is 3.71. The number of aryl methyl sites for hydroxylation is 2. The smallest absolute Gasteiger partial charge is 0.257 e. The zero-order valence-corrected chi connectivity index (χ0v) is 10.2. The molecule has 17 heavy (non-hydrogen) atoms. The number of carbonyl (C=O) groups is 1. The lowest BCUT2D eigenvalue weighted by molar-refractivity contribution is 0.0785. The average molecular weight is 239 g/mol. The summed E-state index contributed by atoms with van der Waals surface area (Å²) in [6, 6.07) is 0. The Morgan fingerprint density at radius 3 is 2.76 bits per heavy atom. The van der Waals surface area contributed by atoms with Gasteiger partial charge >= 0.3 is 0 Å². The summed E-state index contributed by atoms with van der Waals surface area (Å²) >= 11 is 0. The van der Waals surface area contributed by atoms with E-state index in [-0.39, 0.29) is 18.3 Å². The highest BCUT2D eigenvalue weighted by Crippen LogP contribution is 2.08. The standard InChI is InChI=1S/C10H17N5O2/c1-4-15(6-9(11)13-17)10(16)8-5-14(3)12-7(8)2/h5,17H,4,6H2,1-3H3,(H2,11,13). The summed E-state index contributed by atoms with van der Waals surface area (Å²) in [6.07, 6.45) is 1.66. The molecule has 0 spiro atoms. The topological polar surface area (TPSA) is 96.7 Å². The van der Waals surface area contributed by atoms with Gasteiger partial charge < -0.3 is 15.8 Å². The summed E-state index contributed by atoms with van der Waals surface area (Å²) < 4.78 is 1.58. The van der Waals surface area contributed by atoms with Crippen LogP contribution in [0.25, 0.3) is 0 Å². The molecule has 0 saturated carbocycles. The van der Waals surface area contributed by atoms with E-state index < -0.39 is 0 Å². The van der Waals surface area contributed by atoms with E-state index >= 15 is 0 Å². The fourth-order valence-electron chi connectivity index (χ4n) is 1.53. The monoisotopic (exact) mass is 239 g/mol. The number of amides is 1. The minimum Gasteiger partial charge on any atom is -0.409 e. The number of oxime groups is 1. The van der Waals surface area contributed by atoms with E-state index in [1.807, 2.05) is 6.92 Å². The predicted octanol–water partition coefficient (Wildman–Crippen LogP) is -0.0630. The molecule has 0 aromatic carbocycles. The molecule has 0 aliphatic heterocycles. The first-order valence-corrected chi connectivity index (χ1v) is 5.25. The Balaban J connectivity index is 2.90. The molecule has 0 aliphatic carbocycles. The maximum atomic E-state index is 12.1. The maximum absolute atomic E-state index is 12.1. The van der Waals surface area contributed by atoms with E-state index in [0.29, 0.717) is 17.8 Å². The zero-order valence-electron chi connectivity index (χ0n) is 10.2. The Labute approximate surface area is 99.5 Å². The van der Waals surface area contributed by atoms with Gasteiger partial charge in [-0.1, -0.05) is 5.16 Å². The summed E-state index contributed by atoms with van der Waals surface area (Å²) in [5.41, 5.74) is 6.58. The molecule has 1 aromatic heterocycles. The first kappa shape index (κ1) is 13.0. The molecular weight excluding hydrogens is 222 g/mol. The van der Waals surface area contributed by atoms with Gasteiger partial charge in [0.1, 0.15) is 0 Å². The first-order valence-electron chi connectivity index (χ1n) is 5.25. The summed E-state index contributed by atoms with van der Waals surface area (Å²) in [5, 5.41) is 15.5. The quantitative estimate of drug-likeness (QED) is 0.333. The molecule has 0 atom stereocenters. The number of likely N-dealkylation sites (N-methyl/N-ethyl adjacent to an activating group) is 1. The predicted molar refractivity (Wildman–Crippen MR) is 62.9 cm³/mol. The number of nitrogens with two attached hydrogens (primary N) is 1. The van der Waals surface area contributed by atoms with Crippen LogP contribution >= 0.6 is 0 Å². The van der Waals surface area contributed by atoms with Crippen LogP contribution in [0.1, 0.15) is 23.0 Å². The largest absolute Gasteiger partial charge is 0.409 e. The second-order valence-electron chi connectivity index (χ2n) is 3.71. The molecule has 1 aromatic rings. The third kappa shape index (κ3) is 2.96. The summed E-state index contributed by atoms with van der Waals surface area (Å²) in [5.74, 6) is -0.175. The van der Waals surface area contributed by atoms with Crippen molar-refractivity contribution in [3.05, 3.63) is 17.5 Å². The van der Waals surface area contributed by atoms with Crippen LogP contribution in [0.3, 0.4) is 0 Å². The van der Waals surface area contributed by atoms with E-state index in [9.17, 15) is 4.79 Å². The molecule has 0 bridgehead atoms. The van der Waals surface area contributed by atoms with Gasteiger partial charge in [-0.15, -0.1) is 0 Å². The Hall–Kier alpha value is -2.05. The van der Waals surface area contributed by atoms with Crippen LogP contribution in [-0.4, -0.2) is 44.7 Å². The SMILES string of the molecule is CCN(CC(N)=NO)C(=O)c1cn(C)nc1C. The lowest BCUT2D eigenvalue weighted by atomic mass is 10.2. The lowest BCUT2D eigenvalue weighted by Crippen LogP contribution is -2.38. The molecular formula is C10H17N5O2. The maximum Gasteiger partial charge on any atom is 0.257 e. The summed E-state index contributed by atoms with van der Waals surface area (Å²) in [7, 11) is 1.75. The fourth-order valence-corrected chi connectivity index (χ4v) is 1.53. The van der Waals surface area contributed by atoms with Crippen LogP contribution in [-0.2, 0) is 7.05 Å². The molecule has 0 saturated heterocycles. The Morgan fingerprint density at radius 2 is 2.35 bits per heavy atom.